The number of hydrogen-bond acceptors (Lipinski definition) is 4. The smallest absolute Gasteiger partial charge is 0.272 e. The van der Waals surface area contributed by atoms with E-state index >= 15 is 0 Å². The molecule has 0 bridgehead atoms. The van der Waals surface area contributed by atoms with Crippen LogP contribution in [-0.4, -0.2) is 31.7 Å². The van der Waals surface area contributed by atoms with E-state index in [0.29, 0.717) is 0 Å². The normalized spacial score (nSPS) is 21.9. The Morgan fingerprint density at radius 3 is 2.95 bits per heavy atom. The highest BCUT2D eigenvalue weighted by atomic mass is 35.5. The van der Waals surface area contributed by atoms with Gasteiger partial charge in [0.15, 0.2) is 10.8 Å². The van der Waals surface area contributed by atoms with Gasteiger partial charge in [-0.3, -0.25) is 4.79 Å². The summed E-state index contributed by atoms with van der Waals surface area (Å²) >= 11 is 5.66. The third-order valence-electron chi connectivity index (χ3n) is 3.57. The van der Waals surface area contributed by atoms with Crippen molar-refractivity contribution in [1.82, 2.24) is 25.1 Å². The zero-order valence-electron chi connectivity index (χ0n) is 10.7. The maximum atomic E-state index is 12.1. The van der Waals surface area contributed by atoms with E-state index in [-0.39, 0.29) is 28.8 Å². The molecule has 1 aliphatic carbocycles. The Morgan fingerprint density at radius 2 is 2.25 bits per heavy atom. The molecule has 0 spiro atoms. The van der Waals surface area contributed by atoms with Crippen molar-refractivity contribution in [1.29, 1.82) is 0 Å². The molecule has 0 aromatic carbocycles. The van der Waals surface area contributed by atoms with Gasteiger partial charge in [-0.15, -0.1) is 10.2 Å². The first kappa shape index (κ1) is 13.1. The summed E-state index contributed by atoms with van der Waals surface area (Å²) in [6, 6.07) is 3.48. The lowest BCUT2D eigenvalue weighted by Gasteiger charge is -2.21. The molecule has 2 unspecified atom stereocenters. The summed E-state index contributed by atoms with van der Waals surface area (Å²) in [5.41, 5.74) is 0.283. The quantitative estimate of drug-likeness (QED) is 0.937. The summed E-state index contributed by atoms with van der Waals surface area (Å²) in [5, 5.41) is 10.8. The van der Waals surface area contributed by atoms with Gasteiger partial charge in [0.1, 0.15) is 0 Å². The Morgan fingerprint density at radius 1 is 1.35 bits per heavy atom. The van der Waals surface area contributed by atoms with Gasteiger partial charge in [0.05, 0.1) is 12.4 Å². The SMILES string of the molecule is O=C(NC1CCCC1n1ccnc1)c1ccc(Cl)nn1. The molecular formula is C13H14ClN5O. The summed E-state index contributed by atoms with van der Waals surface area (Å²) in [5.74, 6) is -0.216. The van der Waals surface area contributed by atoms with Crippen molar-refractivity contribution < 1.29 is 4.79 Å². The fourth-order valence-electron chi connectivity index (χ4n) is 2.61. The Bertz CT molecular complexity index is 583. The lowest BCUT2D eigenvalue weighted by molar-refractivity contribution is 0.0922. The minimum absolute atomic E-state index is 0.0918. The van der Waals surface area contributed by atoms with Gasteiger partial charge in [0, 0.05) is 18.4 Å². The average Bonchev–Trinajstić information content (AvgIpc) is 3.09. The number of amides is 1. The number of imidazole rings is 1. The molecular weight excluding hydrogens is 278 g/mol. The highest BCUT2D eigenvalue weighted by molar-refractivity contribution is 6.29. The highest BCUT2D eigenvalue weighted by Gasteiger charge is 2.30. The molecule has 2 aromatic heterocycles. The van der Waals surface area contributed by atoms with Gasteiger partial charge in [-0.1, -0.05) is 11.6 Å². The van der Waals surface area contributed by atoms with E-state index in [9.17, 15) is 4.79 Å². The zero-order valence-corrected chi connectivity index (χ0v) is 11.5. The Labute approximate surface area is 121 Å². The standard InChI is InChI=1S/C13H14ClN5O/c14-12-5-4-10(17-18-12)13(20)16-9-2-1-3-11(9)19-7-6-15-8-19/h4-9,11H,1-3H2,(H,16,20). The summed E-state index contributed by atoms with van der Waals surface area (Å²) in [7, 11) is 0. The largest absolute Gasteiger partial charge is 0.346 e. The molecule has 0 radical (unpaired) electrons. The van der Waals surface area contributed by atoms with Crippen molar-refractivity contribution in [2.45, 2.75) is 31.3 Å². The van der Waals surface area contributed by atoms with E-state index in [1.807, 2.05) is 10.8 Å². The van der Waals surface area contributed by atoms with E-state index < -0.39 is 0 Å². The van der Waals surface area contributed by atoms with Crippen LogP contribution in [0.5, 0.6) is 0 Å². The number of carbonyl (C=O) groups is 1. The van der Waals surface area contributed by atoms with Crippen molar-refractivity contribution in [2.75, 3.05) is 0 Å². The predicted molar refractivity (Wildman–Crippen MR) is 73.4 cm³/mol. The molecule has 2 atom stereocenters. The van der Waals surface area contributed by atoms with Crippen LogP contribution in [0.1, 0.15) is 35.8 Å². The second-order valence-electron chi connectivity index (χ2n) is 4.83. The Balaban J connectivity index is 1.70. The number of rotatable bonds is 3. The van der Waals surface area contributed by atoms with Crippen LogP contribution in [0.3, 0.4) is 0 Å². The monoisotopic (exact) mass is 291 g/mol. The van der Waals surface area contributed by atoms with Gasteiger partial charge < -0.3 is 9.88 Å². The Hall–Kier alpha value is -1.95. The van der Waals surface area contributed by atoms with Crippen LogP contribution in [0.2, 0.25) is 5.15 Å². The Kier molecular flexibility index (Phi) is 3.64. The number of hydrogen-bond donors (Lipinski definition) is 1. The zero-order chi connectivity index (χ0) is 13.9. The van der Waals surface area contributed by atoms with Crippen LogP contribution in [0.4, 0.5) is 0 Å². The molecule has 1 N–H and O–H groups in total. The number of nitrogens with one attached hydrogen (secondary N) is 1. The number of nitrogens with zero attached hydrogens (tertiary/aromatic N) is 4. The molecule has 0 aliphatic heterocycles. The fourth-order valence-corrected chi connectivity index (χ4v) is 2.71. The number of carbonyl (C=O) groups excluding carboxylic acids is 1. The van der Waals surface area contributed by atoms with Gasteiger partial charge in [-0.25, -0.2) is 4.98 Å². The van der Waals surface area contributed by atoms with Gasteiger partial charge >= 0.3 is 0 Å². The van der Waals surface area contributed by atoms with Crippen LogP contribution < -0.4 is 5.32 Å². The number of aromatic nitrogens is 4. The fraction of sp³-hybridized carbons (Fsp3) is 0.385. The van der Waals surface area contributed by atoms with Crippen LogP contribution in [0.25, 0.3) is 0 Å². The highest BCUT2D eigenvalue weighted by Crippen LogP contribution is 2.30. The van der Waals surface area contributed by atoms with Crippen molar-refractivity contribution in [3.8, 4) is 0 Å². The first-order chi connectivity index (χ1) is 9.74. The molecule has 2 heterocycles. The average molecular weight is 292 g/mol. The summed E-state index contributed by atoms with van der Waals surface area (Å²) in [4.78, 5) is 16.2. The van der Waals surface area contributed by atoms with Gasteiger partial charge in [-0.05, 0) is 31.4 Å². The molecule has 0 saturated heterocycles. The third kappa shape index (κ3) is 2.65. The molecule has 3 rings (SSSR count). The lowest BCUT2D eigenvalue weighted by atomic mass is 10.1. The van der Waals surface area contributed by atoms with Gasteiger partial charge in [0.2, 0.25) is 0 Å². The minimum atomic E-state index is -0.216. The maximum Gasteiger partial charge on any atom is 0.272 e. The molecule has 1 aliphatic rings. The molecule has 1 amide bonds. The molecule has 1 saturated carbocycles. The van der Waals surface area contributed by atoms with Crippen LogP contribution in [0, 0.1) is 0 Å². The molecule has 6 nitrogen and oxygen atoms in total. The second kappa shape index (κ2) is 5.58. The van der Waals surface area contributed by atoms with E-state index in [0.717, 1.165) is 19.3 Å². The van der Waals surface area contributed by atoms with Crippen molar-refractivity contribution in [3.63, 3.8) is 0 Å². The van der Waals surface area contributed by atoms with E-state index in [2.05, 4.69) is 20.5 Å². The van der Waals surface area contributed by atoms with E-state index in [1.54, 1.807) is 24.7 Å². The summed E-state index contributed by atoms with van der Waals surface area (Å²) < 4.78 is 2.05. The minimum Gasteiger partial charge on any atom is -0.346 e. The van der Waals surface area contributed by atoms with Crippen molar-refractivity contribution >= 4 is 17.5 Å². The molecule has 1 fully saturated rings. The molecule has 2 aromatic rings. The summed E-state index contributed by atoms with van der Waals surface area (Å²) in [6.07, 6.45) is 8.54. The first-order valence-electron chi connectivity index (χ1n) is 6.51. The number of halogens is 1. The topological polar surface area (TPSA) is 72.7 Å². The first-order valence-corrected chi connectivity index (χ1v) is 6.89. The van der Waals surface area contributed by atoms with Crippen LogP contribution in [0.15, 0.2) is 30.9 Å². The molecule has 7 heteroatoms. The third-order valence-corrected chi connectivity index (χ3v) is 3.77. The molecule has 104 valence electrons. The van der Waals surface area contributed by atoms with Crippen LogP contribution >= 0.6 is 11.6 Å². The predicted octanol–water partition coefficient (Wildman–Crippen LogP) is 1.85. The molecule has 20 heavy (non-hydrogen) atoms. The van der Waals surface area contributed by atoms with Crippen LogP contribution in [-0.2, 0) is 0 Å². The van der Waals surface area contributed by atoms with Crippen molar-refractivity contribution in [2.24, 2.45) is 0 Å². The summed E-state index contributed by atoms with van der Waals surface area (Å²) in [6.45, 7) is 0. The van der Waals surface area contributed by atoms with Gasteiger partial charge in [-0.2, -0.15) is 0 Å². The van der Waals surface area contributed by atoms with E-state index in [1.165, 1.54) is 0 Å². The van der Waals surface area contributed by atoms with E-state index in [4.69, 9.17) is 11.6 Å². The second-order valence-corrected chi connectivity index (χ2v) is 5.22. The van der Waals surface area contributed by atoms with Gasteiger partial charge in [0.25, 0.3) is 5.91 Å². The lowest BCUT2D eigenvalue weighted by Crippen LogP contribution is -2.38. The van der Waals surface area contributed by atoms with Crippen molar-refractivity contribution in [3.05, 3.63) is 41.7 Å². The maximum absolute atomic E-state index is 12.1.